The smallest absolute Gasteiger partial charge is 0.137 e. The molecular weight excluding hydrogens is 248 g/mol. The van der Waals surface area contributed by atoms with Crippen LogP contribution in [0.5, 0.6) is 5.75 Å². The minimum Gasteiger partial charge on any atom is -0.491 e. The average Bonchev–Trinajstić information content (AvgIpc) is 2.31. The average molecular weight is 271 g/mol. The van der Waals surface area contributed by atoms with Crippen LogP contribution in [0.1, 0.15) is 25.5 Å². The summed E-state index contributed by atoms with van der Waals surface area (Å²) < 4.78 is 5.65. The van der Waals surface area contributed by atoms with Gasteiger partial charge in [0.1, 0.15) is 12.4 Å². The molecule has 0 bridgehead atoms. The third-order valence-electron chi connectivity index (χ3n) is 2.76. The fourth-order valence-electron chi connectivity index (χ4n) is 1.67. The van der Waals surface area contributed by atoms with Crippen LogP contribution in [0.3, 0.4) is 0 Å². The summed E-state index contributed by atoms with van der Waals surface area (Å²) in [5, 5.41) is 4.04. The molecule has 0 radical (unpaired) electrons. The number of rotatable bonds is 7. The second-order valence-corrected chi connectivity index (χ2v) is 5.03. The molecule has 0 saturated heterocycles. The first-order valence-electron chi connectivity index (χ1n) is 6.35. The zero-order valence-corrected chi connectivity index (χ0v) is 12.4. The van der Waals surface area contributed by atoms with Crippen molar-refractivity contribution in [1.29, 1.82) is 0 Å². The Bertz CT molecular complexity index is 369. The lowest BCUT2D eigenvalue weighted by Gasteiger charge is -2.15. The first-order chi connectivity index (χ1) is 8.54. The molecule has 1 unspecified atom stereocenters. The number of halogens is 1. The fourth-order valence-corrected chi connectivity index (χ4v) is 1.91. The van der Waals surface area contributed by atoms with Crippen LogP contribution in [-0.2, 0) is 0 Å². The Hall–Kier alpha value is -0.770. The quantitative estimate of drug-likeness (QED) is 0.824. The van der Waals surface area contributed by atoms with E-state index < -0.39 is 0 Å². The number of nitrogens with zero attached hydrogens (tertiary/aromatic N) is 1. The zero-order chi connectivity index (χ0) is 13.5. The van der Waals surface area contributed by atoms with Crippen LogP contribution in [-0.4, -0.2) is 38.7 Å². The second kappa shape index (κ2) is 7.62. The van der Waals surface area contributed by atoms with Crippen LogP contribution in [0.25, 0.3) is 0 Å². The van der Waals surface area contributed by atoms with Crippen LogP contribution in [0.4, 0.5) is 0 Å². The molecule has 18 heavy (non-hydrogen) atoms. The predicted molar refractivity (Wildman–Crippen MR) is 77.6 cm³/mol. The second-order valence-electron chi connectivity index (χ2n) is 4.62. The summed E-state index contributed by atoms with van der Waals surface area (Å²) in [6.07, 6.45) is 0. The Morgan fingerprint density at radius 1 is 1.39 bits per heavy atom. The molecule has 3 nitrogen and oxygen atoms in total. The van der Waals surface area contributed by atoms with Crippen molar-refractivity contribution in [3.05, 3.63) is 28.8 Å². The van der Waals surface area contributed by atoms with Crippen molar-refractivity contribution in [2.45, 2.75) is 19.9 Å². The van der Waals surface area contributed by atoms with Crippen LogP contribution in [0, 0.1) is 0 Å². The number of nitrogens with one attached hydrogen (secondary N) is 1. The highest BCUT2D eigenvalue weighted by atomic mass is 35.5. The Balaban J connectivity index is 2.62. The van der Waals surface area contributed by atoms with Gasteiger partial charge in [0.25, 0.3) is 0 Å². The van der Waals surface area contributed by atoms with E-state index in [-0.39, 0.29) is 0 Å². The first kappa shape index (κ1) is 15.3. The van der Waals surface area contributed by atoms with E-state index in [2.05, 4.69) is 30.1 Å². The van der Waals surface area contributed by atoms with Gasteiger partial charge in [0, 0.05) is 12.6 Å². The first-order valence-corrected chi connectivity index (χ1v) is 6.72. The van der Waals surface area contributed by atoms with Crippen LogP contribution in [0.2, 0.25) is 5.02 Å². The summed E-state index contributed by atoms with van der Waals surface area (Å²) in [6.45, 7) is 6.69. The van der Waals surface area contributed by atoms with Gasteiger partial charge in [0.15, 0.2) is 0 Å². The van der Waals surface area contributed by atoms with Crippen LogP contribution < -0.4 is 10.1 Å². The normalized spacial score (nSPS) is 12.8. The number of benzene rings is 1. The van der Waals surface area contributed by atoms with Gasteiger partial charge in [0.05, 0.1) is 5.02 Å². The number of ether oxygens (including phenoxy) is 1. The molecule has 0 aliphatic carbocycles. The van der Waals surface area contributed by atoms with Gasteiger partial charge in [-0.15, -0.1) is 0 Å². The topological polar surface area (TPSA) is 24.5 Å². The van der Waals surface area contributed by atoms with E-state index in [0.717, 1.165) is 18.8 Å². The van der Waals surface area contributed by atoms with Gasteiger partial charge in [-0.1, -0.05) is 24.6 Å². The van der Waals surface area contributed by atoms with Crippen molar-refractivity contribution >= 4 is 11.6 Å². The molecule has 0 saturated carbocycles. The summed E-state index contributed by atoms with van der Waals surface area (Å²) in [5.74, 6) is 0.756. The van der Waals surface area contributed by atoms with Crippen LogP contribution in [0.15, 0.2) is 18.2 Å². The minimum absolute atomic E-state index is 0.309. The SMILES string of the molecule is CCNC(C)c1ccc(OCCN(C)C)c(Cl)c1. The highest BCUT2D eigenvalue weighted by Crippen LogP contribution is 2.27. The molecule has 1 N–H and O–H groups in total. The maximum Gasteiger partial charge on any atom is 0.137 e. The molecule has 0 aliphatic rings. The fraction of sp³-hybridized carbons (Fsp3) is 0.571. The molecule has 0 aromatic heterocycles. The third kappa shape index (κ3) is 4.84. The van der Waals surface area contributed by atoms with Gasteiger partial charge < -0.3 is 15.0 Å². The number of hydrogen-bond acceptors (Lipinski definition) is 3. The Morgan fingerprint density at radius 2 is 2.11 bits per heavy atom. The standard InChI is InChI=1S/C14H23ClN2O/c1-5-16-11(2)12-6-7-14(13(15)10-12)18-9-8-17(3)4/h6-7,10-11,16H,5,8-9H2,1-4H3. The molecule has 0 spiro atoms. The lowest BCUT2D eigenvalue weighted by molar-refractivity contribution is 0.261. The summed E-state index contributed by atoms with van der Waals surface area (Å²) in [6, 6.07) is 6.29. The molecule has 1 aromatic rings. The predicted octanol–water partition coefficient (Wildman–Crippen LogP) is 2.95. The van der Waals surface area contributed by atoms with Crippen molar-refractivity contribution in [3.63, 3.8) is 0 Å². The van der Waals surface area contributed by atoms with Crippen molar-refractivity contribution in [2.75, 3.05) is 33.8 Å². The molecule has 1 aromatic carbocycles. The number of hydrogen-bond donors (Lipinski definition) is 1. The van der Waals surface area contributed by atoms with Crippen LogP contribution >= 0.6 is 11.6 Å². The van der Waals surface area contributed by atoms with E-state index in [1.807, 2.05) is 26.2 Å². The highest BCUT2D eigenvalue weighted by molar-refractivity contribution is 6.32. The summed E-state index contributed by atoms with van der Waals surface area (Å²) in [4.78, 5) is 2.08. The monoisotopic (exact) mass is 270 g/mol. The Labute approximate surface area is 115 Å². The molecule has 0 aliphatic heterocycles. The van der Waals surface area contributed by atoms with Crippen molar-refractivity contribution in [1.82, 2.24) is 10.2 Å². The highest BCUT2D eigenvalue weighted by Gasteiger charge is 2.08. The summed E-state index contributed by atoms with van der Waals surface area (Å²) in [7, 11) is 4.04. The Kier molecular flexibility index (Phi) is 6.47. The molecule has 102 valence electrons. The minimum atomic E-state index is 0.309. The molecule has 0 fully saturated rings. The molecule has 1 rings (SSSR count). The van der Waals surface area contributed by atoms with Gasteiger partial charge in [-0.25, -0.2) is 0 Å². The lowest BCUT2D eigenvalue weighted by Crippen LogP contribution is -2.19. The molecule has 0 heterocycles. The van der Waals surface area contributed by atoms with Gasteiger partial charge in [0.2, 0.25) is 0 Å². The van der Waals surface area contributed by atoms with Crippen molar-refractivity contribution in [3.8, 4) is 5.75 Å². The van der Waals surface area contributed by atoms with E-state index in [1.165, 1.54) is 5.56 Å². The van der Waals surface area contributed by atoms with Gasteiger partial charge in [-0.05, 0) is 45.3 Å². The largest absolute Gasteiger partial charge is 0.491 e. The maximum absolute atomic E-state index is 6.22. The molecule has 4 heteroatoms. The van der Waals surface area contributed by atoms with E-state index in [9.17, 15) is 0 Å². The maximum atomic E-state index is 6.22. The third-order valence-corrected chi connectivity index (χ3v) is 3.06. The van der Waals surface area contributed by atoms with E-state index >= 15 is 0 Å². The zero-order valence-electron chi connectivity index (χ0n) is 11.7. The molecule has 1 atom stereocenters. The molecular formula is C14H23ClN2O. The Morgan fingerprint density at radius 3 is 2.67 bits per heavy atom. The van der Waals surface area contributed by atoms with Crippen molar-refractivity contribution in [2.24, 2.45) is 0 Å². The van der Waals surface area contributed by atoms with Crippen molar-refractivity contribution < 1.29 is 4.74 Å². The number of likely N-dealkylation sites (N-methyl/N-ethyl adjacent to an activating group) is 1. The van der Waals surface area contributed by atoms with Gasteiger partial charge >= 0.3 is 0 Å². The van der Waals surface area contributed by atoms with E-state index in [0.29, 0.717) is 17.7 Å². The van der Waals surface area contributed by atoms with E-state index in [4.69, 9.17) is 16.3 Å². The summed E-state index contributed by atoms with van der Waals surface area (Å²) in [5.41, 5.74) is 1.18. The van der Waals surface area contributed by atoms with Gasteiger partial charge in [-0.3, -0.25) is 0 Å². The molecule has 0 amide bonds. The summed E-state index contributed by atoms with van der Waals surface area (Å²) >= 11 is 6.22. The van der Waals surface area contributed by atoms with E-state index in [1.54, 1.807) is 0 Å². The van der Waals surface area contributed by atoms with Gasteiger partial charge in [-0.2, -0.15) is 0 Å². The lowest BCUT2D eigenvalue weighted by atomic mass is 10.1.